The number of rotatable bonds is 7. The van der Waals surface area contributed by atoms with Crippen LogP contribution in [-0.4, -0.2) is 37.0 Å². The molecule has 2 amide bonds. The van der Waals surface area contributed by atoms with Crippen LogP contribution in [0.2, 0.25) is 0 Å². The van der Waals surface area contributed by atoms with E-state index in [4.69, 9.17) is 13.9 Å². The molecule has 1 aromatic carbocycles. The number of amides is 2. The molecule has 8 nitrogen and oxygen atoms in total. The molecule has 0 radical (unpaired) electrons. The maximum atomic E-state index is 12.3. The van der Waals surface area contributed by atoms with E-state index in [1.807, 2.05) is 13.0 Å². The number of anilines is 1. The molecule has 2 atom stereocenters. The summed E-state index contributed by atoms with van der Waals surface area (Å²) >= 11 is 0. The van der Waals surface area contributed by atoms with Crippen LogP contribution < -0.4 is 15.4 Å². The normalized spacial score (nSPS) is 12.6. The zero-order valence-corrected chi connectivity index (χ0v) is 15.6. The third-order valence-corrected chi connectivity index (χ3v) is 3.72. The lowest BCUT2D eigenvalue weighted by Crippen LogP contribution is -2.42. The molecule has 144 valence electrons. The number of carbonyl (C=O) groups is 3. The van der Waals surface area contributed by atoms with Gasteiger partial charge in [-0.3, -0.25) is 9.59 Å². The van der Waals surface area contributed by atoms with Gasteiger partial charge >= 0.3 is 5.97 Å². The number of benzene rings is 1. The topological polar surface area (TPSA) is 107 Å². The first-order valence-corrected chi connectivity index (χ1v) is 8.32. The van der Waals surface area contributed by atoms with E-state index in [0.717, 1.165) is 5.56 Å². The highest BCUT2D eigenvalue weighted by Gasteiger charge is 2.24. The van der Waals surface area contributed by atoms with E-state index in [1.165, 1.54) is 33.3 Å². The SMILES string of the molecule is COc1ccc(C)cc1NC(=O)[C@H](C)OC(=O)[C@H](C)NC(=O)c1ccco1. The summed E-state index contributed by atoms with van der Waals surface area (Å²) < 4.78 is 15.3. The Morgan fingerprint density at radius 3 is 2.52 bits per heavy atom. The van der Waals surface area contributed by atoms with Crippen LogP contribution in [0, 0.1) is 6.92 Å². The average Bonchev–Trinajstić information content (AvgIpc) is 3.16. The number of nitrogens with one attached hydrogen (secondary N) is 2. The second-order valence-corrected chi connectivity index (χ2v) is 5.94. The third kappa shape index (κ3) is 5.34. The predicted octanol–water partition coefficient (Wildman–Crippen LogP) is 2.29. The van der Waals surface area contributed by atoms with Crippen molar-refractivity contribution in [3.8, 4) is 5.75 Å². The summed E-state index contributed by atoms with van der Waals surface area (Å²) in [5.41, 5.74) is 1.41. The molecule has 1 heterocycles. The van der Waals surface area contributed by atoms with Crippen molar-refractivity contribution < 1.29 is 28.3 Å². The molecule has 2 rings (SSSR count). The first kappa shape index (κ1) is 20.0. The summed E-state index contributed by atoms with van der Waals surface area (Å²) in [5, 5.41) is 5.11. The lowest BCUT2D eigenvalue weighted by molar-refractivity contribution is -0.154. The molecular formula is C19H22N2O6. The van der Waals surface area contributed by atoms with Crippen molar-refractivity contribution in [2.75, 3.05) is 12.4 Å². The number of esters is 1. The summed E-state index contributed by atoms with van der Waals surface area (Å²) in [5.74, 6) is -1.24. The standard InChI is InChI=1S/C19H22N2O6/c1-11-7-8-15(25-4)14(10-11)21-17(22)13(3)27-19(24)12(2)20-18(23)16-6-5-9-26-16/h5-10,12-13H,1-4H3,(H,20,23)(H,21,22)/t12-,13-/m0/s1. The van der Waals surface area contributed by atoms with Crippen LogP contribution in [0.15, 0.2) is 41.0 Å². The van der Waals surface area contributed by atoms with Gasteiger partial charge in [0.2, 0.25) is 0 Å². The van der Waals surface area contributed by atoms with Crippen molar-refractivity contribution in [1.29, 1.82) is 0 Å². The molecule has 0 spiro atoms. The quantitative estimate of drug-likeness (QED) is 0.720. The van der Waals surface area contributed by atoms with Crippen molar-refractivity contribution in [3.63, 3.8) is 0 Å². The van der Waals surface area contributed by atoms with Crippen LogP contribution in [0.3, 0.4) is 0 Å². The molecule has 0 unspecified atom stereocenters. The molecule has 0 aliphatic carbocycles. The monoisotopic (exact) mass is 374 g/mol. The molecule has 0 fully saturated rings. The van der Waals surface area contributed by atoms with E-state index >= 15 is 0 Å². The maximum absolute atomic E-state index is 12.3. The van der Waals surface area contributed by atoms with Crippen LogP contribution in [-0.2, 0) is 14.3 Å². The number of furan rings is 1. The van der Waals surface area contributed by atoms with Crippen LogP contribution in [0.1, 0.15) is 30.0 Å². The largest absolute Gasteiger partial charge is 0.495 e. The van der Waals surface area contributed by atoms with E-state index in [1.54, 1.807) is 18.2 Å². The molecule has 0 bridgehead atoms. The highest BCUT2D eigenvalue weighted by molar-refractivity contribution is 5.97. The average molecular weight is 374 g/mol. The van der Waals surface area contributed by atoms with Crippen molar-refractivity contribution >= 4 is 23.5 Å². The predicted molar refractivity (Wildman–Crippen MR) is 97.6 cm³/mol. The molecule has 2 aromatic rings. The summed E-state index contributed by atoms with van der Waals surface area (Å²) in [7, 11) is 1.49. The zero-order valence-electron chi connectivity index (χ0n) is 15.6. The van der Waals surface area contributed by atoms with Crippen LogP contribution >= 0.6 is 0 Å². The van der Waals surface area contributed by atoms with Gasteiger partial charge in [-0.2, -0.15) is 0 Å². The van der Waals surface area contributed by atoms with E-state index < -0.39 is 29.9 Å². The van der Waals surface area contributed by atoms with Gasteiger partial charge in [-0.15, -0.1) is 0 Å². The van der Waals surface area contributed by atoms with E-state index in [0.29, 0.717) is 11.4 Å². The summed E-state index contributed by atoms with van der Waals surface area (Å²) in [6.07, 6.45) is 0.287. The van der Waals surface area contributed by atoms with Crippen LogP contribution in [0.5, 0.6) is 5.75 Å². The number of hydrogen-bond donors (Lipinski definition) is 2. The molecule has 8 heteroatoms. The second kappa shape index (κ2) is 8.88. The van der Waals surface area contributed by atoms with Gasteiger partial charge in [0, 0.05) is 0 Å². The third-order valence-electron chi connectivity index (χ3n) is 3.72. The molecular weight excluding hydrogens is 352 g/mol. The van der Waals surface area contributed by atoms with Crippen molar-refractivity contribution in [2.45, 2.75) is 32.9 Å². The Morgan fingerprint density at radius 1 is 1.15 bits per heavy atom. The van der Waals surface area contributed by atoms with Crippen molar-refractivity contribution in [3.05, 3.63) is 47.9 Å². The first-order chi connectivity index (χ1) is 12.8. The minimum Gasteiger partial charge on any atom is -0.495 e. The molecule has 0 saturated heterocycles. The van der Waals surface area contributed by atoms with E-state index in [-0.39, 0.29) is 5.76 Å². The fourth-order valence-corrected chi connectivity index (χ4v) is 2.22. The van der Waals surface area contributed by atoms with E-state index in [9.17, 15) is 14.4 Å². The van der Waals surface area contributed by atoms with Crippen molar-refractivity contribution in [2.24, 2.45) is 0 Å². The van der Waals surface area contributed by atoms with Gasteiger partial charge in [0.05, 0.1) is 19.1 Å². The minimum absolute atomic E-state index is 0.0759. The lowest BCUT2D eigenvalue weighted by Gasteiger charge is -2.18. The molecule has 27 heavy (non-hydrogen) atoms. The highest BCUT2D eigenvalue weighted by Crippen LogP contribution is 2.25. The molecule has 0 aliphatic rings. The molecule has 0 aliphatic heterocycles. The number of methoxy groups -OCH3 is 1. The fourth-order valence-electron chi connectivity index (χ4n) is 2.22. The van der Waals surface area contributed by atoms with Crippen molar-refractivity contribution in [1.82, 2.24) is 5.32 Å². The summed E-state index contributed by atoms with van der Waals surface area (Å²) in [4.78, 5) is 36.3. The Bertz CT molecular complexity index is 816. The van der Waals surface area contributed by atoms with Gasteiger partial charge < -0.3 is 24.5 Å². The highest BCUT2D eigenvalue weighted by atomic mass is 16.5. The summed E-state index contributed by atoms with van der Waals surface area (Å²) in [6.45, 7) is 4.77. The lowest BCUT2D eigenvalue weighted by atomic mass is 10.2. The maximum Gasteiger partial charge on any atom is 0.329 e. The number of aryl methyl sites for hydroxylation is 1. The zero-order chi connectivity index (χ0) is 20.0. The Balaban J connectivity index is 1.92. The van der Waals surface area contributed by atoms with Crippen LogP contribution in [0.4, 0.5) is 5.69 Å². The van der Waals surface area contributed by atoms with Gasteiger partial charge in [0.25, 0.3) is 11.8 Å². The van der Waals surface area contributed by atoms with Gasteiger partial charge in [-0.05, 0) is 50.6 Å². The second-order valence-electron chi connectivity index (χ2n) is 5.94. The molecule has 2 N–H and O–H groups in total. The van der Waals surface area contributed by atoms with E-state index in [2.05, 4.69) is 10.6 Å². The number of hydrogen-bond acceptors (Lipinski definition) is 6. The Hall–Kier alpha value is -3.29. The number of carbonyl (C=O) groups excluding carboxylic acids is 3. The molecule has 0 saturated carbocycles. The Labute approximate surface area is 156 Å². The van der Waals surface area contributed by atoms with Gasteiger partial charge in [0.15, 0.2) is 11.9 Å². The number of ether oxygens (including phenoxy) is 2. The first-order valence-electron chi connectivity index (χ1n) is 8.32. The Morgan fingerprint density at radius 2 is 1.89 bits per heavy atom. The minimum atomic E-state index is -1.06. The van der Waals surface area contributed by atoms with Gasteiger partial charge in [-0.1, -0.05) is 6.07 Å². The van der Waals surface area contributed by atoms with Gasteiger partial charge in [-0.25, -0.2) is 4.79 Å². The fraction of sp³-hybridized carbons (Fsp3) is 0.316. The Kier molecular flexibility index (Phi) is 6.59. The summed E-state index contributed by atoms with van der Waals surface area (Å²) in [6, 6.07) is 7.40. The van der Waals surface area contributed by atoms with Gasteiger partial charge in [0.1, 0.15) is 11.8 Å². The molecule has 1 aromatic heterocycles. The van der Waals surface area contributed by atoms with Crippen LogP contribution in [0.25, 0.3) is 0 Å². The smallest absolute Gasteiger partial charge is 0.329 e.